The number of amides is 1. The number of hydrogen-bond donors (Lipinski definition) is 2. The van der Waals surface area contributed by atoms with E-state index in [4.69, 9.17) is 0 Å². The molecule has 7 heteroatoms. The average molecular weight is 264 g/mol. The number of rotatable bonds is 4. The lowest BCUT2D eigenvalue weighted by molar-refractivity contribution is -0.130. The highest BCUT2D eigenvalue weighted by Crippen LogP contribution is 2.23. The van der Waals surface area contributed by atoms with E-state index in [0.717, 1.165) is 25.7 Å². The fourth-order valence-corrected chi connectivity index (χ4v) is 2.05. The highest BCUT2D eigenvalue weighted by atomic mass is 16.7. The average Bonchev–Trinajstić information content (AvgIpc) is 2.49. The Balaban J connectivity index is 1.71. The van der Waals surface area contributed by atoms with Gasteiger partial charge in [-0.25, -0.2) is 9.78 Å². The Kier molecular flexibility index (Phi) is 4.79. The van der Waals surface area contributed by atoms with Gasteiger partial charge < -0.3 is 4.84 Å². The summed E-state index contributed by atoms with van der Waals surface area (Å²) in [5.74, 6) is -0.847. The number of nitrogens with one attached hydrogen (secondary N) is 2. The van der Waals surface area contributed by atoms with E-state index in [0.29, 0.717) is 0 Å². The van der Waals surface area contributed by atoms with E-state index in [-0.39, 0.29) is 17.5 Å². The molecule has 2 rings (SSSR count). The van der Waals surface area contributed by atoms with Crippen molar-refractivity contribution in [2.45, 2.75) is 32.1 Å². The Morgan fingerprint density at radius 3 is 2.68 bits per heavy atom. The summed E-state index contributed by atoms with van der Waals surface area (Å²) in [4.78, 5) is 35.4. The third kappa shape index (κ3) is 3.99. The van der Waals surface area contributed by atoms with Crippen LogP contribution >= 0.6 is 0 Å². The summed E-state index contributed by atoms with van der Waals surface area (Å²) < 4.78 is 0. The van der Waals surface area contributed by atoms with Crippen molar-refractivity contribution in [2.75, 3.05) is 0 Å². The third-order valence-electron chi connectivity index (χ3n) is 3.07. The largest absolute Gasteiger partial charge is 0.378 e. The van der Waals surface area contributed by atoms with Gasteiger partial charge >= 0.3 is 5.97 Å². The summed E-state index contributed by atoms with van der Waals surface area (Å²) in [6.45, 7) is 0. The first-order chi connectivity index (χ1) is 9.27. The van der Waals surface area contributed by atoms with Gasteiger partial charge in [0.2, 0.25) is 5.91 Å². The second kappa shape index (κ2) is 6.79. The predicted octanol–water partition coefficient (Wildman–Crippen LogP) is 0.749. The van der Waals surface area contributed by atoms with Gasteiger partial charge in [-0.2, -0.15) is 0 Å². The van der Waals surface area contributed by atoms with Crippen LogP contribution in [0.5, 0.6) is 0 Å². The zero-order valence-electron chi connectivity index (χ0n) is 10.5. The molecule has 0 atom stereocenters. The molecule has 1 amide bonds. The topological polar surface area (TPSA) is 93.2 Å². The molecular weight excluding hydrogens is 248 g/mol. The van der Waals surface area contributed by atoms with Gasteiger partial charge in [-0.3, -0.25) is 15.2 Å². The first kappa shape index (κ1) is 13.4. The van der Waals surface area contributed by atoms with Crippen molar-refractivity contribution >= 4 is 11.9 Å². The third-order valence-corrected chi connectivity index (χ3v) is 3.07. The zero-order chi connectivity index (χ0) is 13.5. The van der Waals surface area contributed by atoms with E-state index in [1.807, 2.05) is 0 Å². The van der Waals surface area contributed by atoms with Gasteiger partial charge in [-0.15, -0.1) is 0 Å². The fourth-order valence-electron chi connectivity index (χ4n) is 2.05. The molecule has 19 heavy (non-hydrogen) atoms. The SMILES string of the molecule is O=C(ONNC(=O)C1CCCCC1)c1cnccn1. The number of hydrogen-bond acceptors (Lipinski definition) is 6. The quantitative estimate of drug-likeness (QED) is 0.779. The van der Waals surface area contributed by atoms with Gasteiger partial charge in [-0.05, 0) is 12.8 Å². The number of carbonyl (C=O) groups is 2. The number of nitrogens with zero attached hydrogens (tertiary/aromatic N) is 2. The van der Waals surface area contributed by atoms with Crippen LogP contribution < -0.4 is 11.0 Å². The summed E-state index contributed by atoms with van der Waals surface area (Å²) in [5.41, 5.74) is 4.61. The molecule has 1 aliphatic carbocycles. The number of hydrazine groups is 1. The fraction of sp³-hybridized carbons (Fsp3) is 0.500. The van der Waals surface area contributed by atoms with Crippen LogP contribution in [0.25, 0.3) is 0 Å². The maximum Gasteiger partial charge on any atom is 0.378 e. The standard InChI is InChI=1S/C12H16N4O3/c17-11(9-4-2-1-3-5-9)15-16-19-12(18)10-8-13-6-7-14-10/h6-9,16H,1-5H2,(H,15,17). The van der Waals surface area contributed by atoms with Crippen LogP contribution in [0, 0.1) is 5.92 Å². The molecule has 1 aromatic heterocycles. The molecular formula is C12H16N4O3. The lowest BCUT2D eigenvalue weighted by Crippen LogP contribution is -2.42. The zero-order valence-corrected chi connectivity index (χ0v) is 10.5. The summed E-state index contributed by atoms with van der Waals surface area (Å²) in [7, 11) is 0. The summed E-state index contributed by atoms with van der Waals surface area (Å²) in [6.07, 6.45) is 9.20. The van der Waals surface area contributed by atoms with Crippen LogP contribution in [-0.2, 0) is 9.63 Å². The van der Waals surface area contributed by atoms with E-state index in [1.54, 1.807) is 0 Å². The lowest BCUT2D eigenvalue weighted by atomic mass is 9.89. The van der Waals surface area contributed by atoms with Crippen LogP contribution in [0.4, 0.5) is 0 Å². The summed E-state index contributed by atoms with van der Waals surface area (Å²) >= 11 is 0. The highest BCUT2D eigenvalue weighted by Gasteiger charge is 2.21. The van der Waals surface area contributed by atoms with Gasteiger partial charge in [0.05, 0.1) is 6.20 Å². The Morgan fingerprint density at radius 1 is 1.21 bits per heavy atom. The number of carbonyl (C=O) groups excluding carboxylic acids is 2. The van der Waals surface area contributed by atoms with E-state index >= 15 is 0 Å². The molecule has 0 aliphatic heterocycles. The molecule has 7 nitrogen and oxygen atoms in total. The monoisotopic (exact) mass is 264 g/mol. The van der Waals surface area contributed by atoms with Gasteiger partial charge in [-0.1, -0.05) is 24.9 Å². The van der Waals surface area contributed by atoms with Crippen molar-refractivity contribution in [1.29, 1.82) is 0 Å². The second-order valence-corrected chi connectivity index (χ2v) is 4.41. The molecule has 1 aromatic rings. The summed E-state index contributed by atoms with van der Waals surface area (Å²) in [6, 6.07) is 0. The molecule has 1 heterocycles. The molecule has 0 bridgehead atoms. The van der Waals surface area contributed by atoms with Crippen molar-refractivity contribution in [3.63, 3.8) is 0 Å². The Morgan fingerprint density at radius 2 is 2.00 bits per heavy atom. The minimum atomic E-state index is -0.697. The van der Waals surface area contributed by atoms with Crippen LogP contribution in [0.1, 0.15) is 42.6 Å². The maximum absolute atomic E-state index is 11.7. The van der Waals surface area contributed by atoms with Gasteiger partial charge in [0.25, 0.3) is 0 Å². The van der Waals surface area contributed by atoms with Crippen molar-refractivity contribution in [3.8, 4) is 0 Å². The van der Waals surface area contributed by atoms with Crippen molar-refractivity contribution in [3.05, 3.63) is 24.3 Å². The lowest BCUT2D eigenvalue weighted by Gasteiger charge is -2.20. The highest BCUT2D eigenvalue weighted by molar-refractivity contribution is 5.86. The van der Waals surface area contributed by atoms with Gasteiger partial charge in [0, 0.05) is 18.3 Å². The first-order valence-electron chi connectivity index (χ1n) is 6.29. The molecule has 0 unspecified atom stereocenters. The van der Waals surface area contributed by atoms with Crippen molar-refractivity contribution < 1.29 is 14.4 Å². The van der Waals surface area contributed by atoms with Crippen LogP contribution in [-0.4, -0.2) is 21.8 Å². The smallest absolute Gasteiger partial charge is 0.345 e. The van der Waals surface area contributed by atoms with Crippen LogP contribution in [0.2, 0.25) is 0 Å². The van der Waals surface area contributed by atoms with Crippen molar-refractivity contribution in [2.24, 2.45) is 5.92 Å². The molecule has 0 radical (unpaired) electrons. The predicted molar refractivity (Wildman–Crippen MR) is 65.3 cm³/mol. The molecule has 0 saturated heterocycles. The first-order valence-corrected chi connectivity index (χ1v) is 6.29. The van der Waals surface area contributed by atoms with Crippen molar-refractivity contribution in [1.82, 2.24) is 21.0 Å². The maximum atomic E-state index is 11.7. The minimum Gasteiger partial charge on any atom is -0.345 e. The Hall–Kier alpha value is -2.02. The second-order valence-electron chi connectivity index (χ2n) is 4.41. The Bertz CT molecular complexity index is 432. The van der Waals surface area contributed by atoms with Gasteiger partial charge in [0.15, 0.2) is 5.69 Å². The molecule has 2 N–H and O–H groups in total. The molecule has 102 valence electrons. The molecule has 1 saturated carbocycles. The van der Waals surface area contributed by atoms with Gasteiger partial charge in [0.1, 0.15) is 0 Å². The van der Waals surface area contributed by atoms with Crippen LogP contribution in [0.15, 0.2) is 18.6 Å². The molecule has 0 spiro atoms. The van der Waals surface area contributed by atoms with E-state index in [1.165, 1.54) is 25.0 Å². The number of aromatic nitrogens is 2. The summed E-state index contributed by atoms with van der Waals surface area (Å²) in [5, 5.41) is 0. The van der Waals surface area contributed by atoms with E-state index < -0.39 is 5.97 Å². The molecule has 1 fully saturated rings. The van der Waals surface area contributed by atoms with E-state index in [2.05, 4.69) is 25.8 Å². The van der Waals surface area contributed by atoms with E-state index in [9.17, 15) is 9.59 Å². The normalized spacial score (nSPS) is 15.8. The Labute approximate surface area is 110 Å². The molecule has 0 aromatic carbocycles. The molecule has 1 aliphatic rings. The van der Waals surface area contributed by atoms with Crippen LogP contribution in [0.3, 0.4) is 0 Å². The minimum absolute atomic E-state index is 0.00327.